The van der Waals surface area contributed by atoms with Crippen LogP contribution in [0, 0.1) is 0 Å². The van der Waals surface area contributed by atoms with Crippen LogP contribution in [0.3, 0.4) is 0 Å². The molecule has 0 aliphatic rings. The van der Waals surface area contributed by atoms with E-state index in [0.29, 0.717) is 32.1 Å². The molecule has 0 amide bonds. The highest BCUT2D eigenvalue weighted by atomic mass is 16.5. The number of methoxy groups -OCH3 is 1. The van der Waals surface area contributed by atoms with Crippen LogP contribution >= 0.6 is 0 Å². The predicted octanol–water partition coefficient (Wildman–Crippen LogP) is 2.98. The first-order valence-corrected chi connectivity index (χ1v) is 9.53. The van der Waals surface area contributed by atoms with Crippen molar-refractivity contribution in [3.63, 3.8) is 0 Å². The van der Waals surface area contributed by atoms with Gasteiger partial charge >= 0.3 is 0 Å². The molecule has 0 bridgehead atoms. The lowest BCUT2D eigenvalue weighted by Gasteiger charge is -2.21. The van der Waals surface area contributed by atoms with Gasteiger partial charge in [-0.1, -0.05) is 18.2 Å². The number of aliphatic hydroxyl groups excluding tert-OH is 1. The van der Waals surface area contributed by atoms with Crippen LogP contribution in [0.5, 0.6) is 17.2 Å². The van der Waals surface area contributed by atoms with Gasteiger partial charge in [0.05, 0.1) is 13.7 Å². The fourth-order valence-corrected chi connectivity index (χ4v) is 2.73. The first-order chi connectivity index (χ1) is 13.6. The molecule has 2 rings (SSSR count). The Labute approximate surface area is 167 Å². The number of benzene rings is 2. The quantitative estimate of drug-likeness (QED) is 0.532. The normalized spacial score (nSPS) is 12.0. The lowest BCUT2D eigenvalue weighted by atomic mass is 10.2. The highest BCUT2D eigenvalue weighted by Crippen LogP contribution is 2.19. The summed E-state index contributed by atoms with van der Waals surface area (Å²) >= 11 is 0. The van der Waals surface area contributed by atoms with E-state index in [1.807, 2.05) is 56.4 Å². The maximum Gasteiger partial charge on any atom is 0.123 e. The highest BCUT2D eigenvalue weighted by molar-refractivity contribution is 5.32. The molecular weight excluding hydrogens is 358 g/mol. The topological polar surface area (TPSA) is 60.4 Å². The van der Waals surface area contributed by atoms with Crippen LogP contribution in [0.1, 0.15) is 12.5 Å². The van der Waals surface area contributed by atoms with Crippen molar-refractivity contribution in [2.75, 3.05) is 47.1 Å². The first kappa shape index (κ1) is 22.0. The molecule has 6 nitrogen and oxygen atoms in total. The second kappa shape index (κ2) is 12.2. The fourth-order valence-electron chi connectivity index (χ4n) is 2.73. The lowest BCUT2D eigenvalue weighted by molar-refractivity contribution is 0.0743. The maximum atomic E-state index is 10.2. The molecule has 6 heteroatoms. The van der Waals surface area contributed by atoms with Crippen molar-refractivity contribution < 1.29 is 24.1 Å². The molecule has 0 aliphatic heterocycles. The van der Waals surface area contributed by atoms with Crippen molar-refractivity contribution in [1.82, 2.24) is 4.90 Å². The number of rotatable bonds is 13. The molecule has 0 fully saturated rings. The molecule has 0 spiro atoms. The van der Waals surface area contributed by atoms with E-state index in [9.17, 15) is 5.11 Å². The Morgan fingerprint density at radius 1 is 0.964 bits per heavy atom. The highest BCUT2D eigenvalue weighted by Gasteiger charge is 2.10. The van der Waals surface area contributed by atoms with Crippen molar-refractivity contribution in [3.8, 4) is 17.2 Å². The van der Waals surface area contributed by atoms with E-state index in [-0.39, 0.29) is 6.61 Å². The summed E-state index contributed by atoms with van der Waals surface area (Å²) in [6, 6.07) is 15.3. The van der Waals surface area contributed by atoms with Gasteiger partial charge in [0, 0.05) is 25.8 Å². The van der Waals surface area contributed by atoms with Crippen molar-refractivity contribution in [2.45, 2.75) is 19.6 Å². The van der Waals surface area contributed by atoms with Crippen molar-refractivity contribution in [3.05, 3.63) is 54.1 Å². The van der Waals surface area contributed by atoms with E-state index in [1.54, 1.807) is 13.2 Å². The summed E-state index contributed by atoms with van der Waals surface area (Å²) in [5.41, 5.74) is 1.15. The van der Waals surface area contributed by atoms with Gasteiger partial charge in [0.1, 0.15) is 36.6 Å². The molecule has 0 saturated heterocycles. The summed E-state index contributed by atoms with van der Waals surface area (Å²) in [5.74, 6) is 2.24. The van der Waals surface area contributed by atoms with Gasteiger partial charge in [-0.25, -0.2) is 0 Å². The predicted molar refractivity (Wildman–Crippen MR) is 109 cm³/mol. The minimum atomic E-state index is -0.586. The van der Waals surface area contributed by atoms with Crippen molar-refractivity contribution >= 4 is 0 Å². The number of likely N-dealkylation sites (N-methyl/N-ethyl adjacent to an activating group) is 1. The maximum absolute atomic E-state index is 10.2. The first-order valence-electron chi connectivity index (χ1n) is 9.53. The van der Waals surface area contributed by atoms with Crippen LogP contribution in [0.4, 0.5) is 0 Å². The Balaban J connectivity index is 1.71. The molecule has 28 heavy (non-hydrogen) atoms. The number of hydrogen-bond donors (Lipinski definition) is 1. The second-order valence-electron chi connectivity index (χ2n) is 6.53. The van der Waals surface area contributed by atoms with Crippen LogP contribution in [0.15, 0.2) is 48.5 Å². The summed E-state index contributed by atoms with van der Waals surface area (Å²) in [7, 11) is 3.59. The van der Waals surface area contributed by atoms with E-state index >= 15 is 0 Å². The number of ether oxygens (including phenoxy) is 4. The van der Waals surface area contributed by atoms with Crippen LogP contribution in [-0.4, -0.2) is 63.2 Å². The van der Waals surface area contributed by atoms with E-state index < -0.39 is 6.10 Å². The Kier molecular flexibility index (Phi) is 9.62. The van der Waals surface area contributed by atoms with Crippen LogP contribution in [0.2, 0.25) is 0 Å². The molecule has 0 aliphatic carbocycles. The van der Waals surface area contributed by atoms with Gasteiger partial charge < -0.3 is 24.1 Å². The monoisotopic (exact) mass is 389 g/mol. The molecule has 0 unspecified atom stereocenters. The zero-order chi connectivity index (χ0) is 20.2. The molecular formula is C22H31NO5. The van der Waals surface area contributed by atoms with Crippen LogP contribution in [-0.2, 0) is 11.3 Å². The molecule has 1 atom stereocenters. The van der Waals surface area contributed by atoms with E-state index in [4.69, 9.17) is 18.9 Å². The summed E-state index contributed by atoms with van der Waals surface area (Å²) in [5, 5.41) is 10.2. The third-order valence-corrected chi connectivity index (χ3v) is 4.08. The standard InChI is InChI=1S/C22H31NO5/c1-4-26-12-13-27-20-10-8-18(9-11-20)15-23(2)16-19(24)17-28-22-7-5-6-21(14-22)25-3/h5-11,14,19,24H,4,12-13,15-17H2,1-3H3/t19-/m1/s1. The van der Waals surface area contributed by atoms with Crippen LogP contribution in [0.25, 0.3) is 0 Å². The summed E-state index contributed by atoms with van der Waals surface area (Å²) in [6.07, 6.45) is -0.586. The Morgan fingerprint density at radius 3 is 2.43 bits per heavy atom. The SMILES string of the molecule is CCOCCOc1ccc(CN(C)C[C@@H](O)COc2cccc(OC)c2)cc1. The smallest absolute Gasteiger partial charge is 0.123 e. The minimum Gasteiger partial charge on any atom is -0.497 e. The molecule has 0 saturated carbocycles. The molecule has 0 heterocycles. The van der Waals surface area contributed by atoms with Gasteiger partial charge in [0.2, 0.25) is 0 Å². The lowest BCUT2D eigenvalue weighted by Crippen LogP contribution is -2.32. The zero-order valence-electron chi connectivity index (χ0n) is 17.0. The molecule has 1 N–H and O–H groups in total. The van der Waals surface area contributed by atoms with Gasteiger partial charge in [0.25, 0.3) is 0 Å². The van der Waals surface area contributed by atoms with Crippen molar-refractivity contribution in [2.24, 2.45) is 0 Å². The third kappa shape index (κ3) is 8.17. The van der Waals surface area contributed by atoms with E-state index in [2.05, 4.69) is 4.90 Å². The number of hydrogen-bond acceptors (Lipinski definition) is 6. The summed E-state index contributed by atoms with van der Waals surface area (Å²) < 4.78 is 21.7. The van der Waals surface area contributed by atoms with E-state index in [0.717, 1.165) is 23.6 Å². The zero-order valence-corrected chi connectivity index (χ0v) is 17.0. The largest absolute Gasteiger partial charge is 0.497 e. The summed E-state index contributed by atoms with van der Waals surface area (Å²) in [4.78, 5) is 2.06. The molecule has 0 aromatic heterocycles. The summed E-state index contributed by atoms with van der Waals surface area (Å²) in [6.45, 7) is 5.28. The number of aliphatic hydroxyl groups is 1. The minimum absolute atomic E-state index is 0.226. The molecule has 2 aromatic rings. The average molecular weight is 389 g/mol. The van der Waals surface area contributed by atoms with Gasteiger partial charge in [0.15, 0.2) is 0 Å². The number of nitrogens with zero attached hydrogens (tertiary/aromatic N) is 1. The van der Waals surface area contributed by atoms with Crippen LogP contribution < -0.4 is 14.2 Å². The molecule has 2 aromatic carbocycles. The van der Waals surface area contributed by atoms with Crippen molar-refractivity contribution in [1.29, 1.82) is 0 Å². The van der Waals surface area contributed by atoms with Gasteiger partial charge in [-0.2, -0.15) is 0 Å². The fraction of sp³-hybridized carbons (Fsp3) is 0.455. The van der Waals surface area contributed by atoms with Gasteiger partial charge in [-0.3, -0.25) is 4.90 Å². The Bertz CT molecular complexity index is 677. The van der Waals surface area contributed by atoms with Gasteiger partial charge in [-0.15, -0.1) is 0 Å². The average Bonchev–Trinajstić information content (AvgIpc) is 2.71. The Hall–Kier alpha value is -2.28. The van der Waals surface area contributed by atoms with E-state index in [1.165, 1.54) is 0 Å². The molecule has 0 radical (unpaired) electrons. The second-order valence-corrected chi connectivity index (χ2v) is 6.53. The Morgan fingerprint density at radius 2 is 1.71 bits per heavy atom. The third-order valence-electron chi connectivity index (χ3n) is 4.08. The van der Waals surface area contributed by atoms with Gasteiger partial charge in [-0.05, 0) is 43.8 Å². The molecule has 154 valence electrons.